The minimum absolute atomic E-state index is 0.164. The van der Waals surface area contributed by atoms with Crippen molar-refractivity contribution in [2.45, 2.75) is 52.0 Å². The van der Waals surface area contributed by atoms with Gasteiger partial charge in [-0.15, -0.1) is 0 Å². The van der Waals surface area contributed by atoms with E-state index < -0.39 is 0 Å². The van der Waals surface area contributed by atoms with Crippen LogP contribution in [0.4, 0.5) is 0 Å². The molecule has 0 aliphatic rings. The topological polar surface area (TPSA) is 30.4 Å². The largest absolute Gasteiger partial charge is 0.330 e. The highest BCUT2D eigenvalue weighted by molar-refractivity contribution is 4.88. The Bertz CT molecular complexity index is 167. The molecule has 0 radical (unpaired) electrons. The lowest BCUT2D eigenvalue weighted by molar-refractivity contribution is 0.434. The second-order valence-corrected chi connectivity index (χ2v) is 4.50. The fourth-order valence-corrected chi connectivity index (χ4v) is 1.37. The van der Waals surface area contributed by atoms with Gasteiger partial charge in [0.15, 0.2) is 0 Å². The van der Waals surface area contributed by atoms with Gasteiger partial charge in [-0.25, -0.2) is 6.57 Å². The van der Waals surface area contributed by atoms with Gasteiger partial charge >= 0.3 is 0 Å². The van der Waals surface area contributed by atoms with Crippen molar-refractivity contribution in [3.05, 3.63) is 11.4 Å². The molecule has 0 aromatic heterocycles. The average molecular weight is 182 g/mol. The first-order chi connectivity index (χ1) is 6.02. The van der Waals surface area contributed by atoms with Gasteiger partial charge in [0.2, 0.25) is 5.54 Å². The Hall–Kier alpha value is -0.550. The number of rotatable bonds is 6. The minimum atomic E-state index is -0.164. The Morgan fingerprint density at radius 3 is 2.46 bits per heavy atom. The average Bonchev–Trinajstić information content (AvgIpc) is 2.05. The molecule has 0 heterocycles. The van der Waals surface area contributed by atoms with Gasteiger partial charge in [-0.05, 0) is 25.3 Å². The number of nitrogens with two attached hydrogens (primary N) is 1. The molecule has 0 saturated heterocycles. The van der Waals surface area contributed by atoms with Crippen LogP contribution in [0, 0.1) is 12.5 Å². The van der Waals surface area contributed by atoms with Gasteiger partial charge in [0, 0.05) is 20.3 Å². The first kappa shape index (κ1) is 12.4. The summed E-state index contributed by atoms with van der Waals surface area (Å²) >= 11 is 0. The van der Waals surface area contributed by atoms with Crippen LogP contribution in [0.2, 0.25) is 0 Å². The van der Waals surface area contributed by atoms with Crippen LogP contribution >= 0.6 is 0 Å². The van der Waals surface area contributed by atoms with Crippen molar-refractivity contribution in [1.29, 1.82) is 0 Å². The van der Waals surface area contributed by atoms with E-state index >= 15 is 0 Å². The van der Waals surface area contributed by atoms with Crippen LogP contribution in [0.1, 0.15) is 46.5 Å². The summed E-state index contributed by atoms with van der Waals surface area (Å²) in [6.07, 6.45) is 4.47. The van der Waals surface area contributed by atoms with Crippen LogP contribution in [-0.2, 0) is 0 Å². The van der Waals surface area contributed by atoms with Crippen molar-refractivity contribution < 1.29 is 0 Å². The summed E-state index contributed by atoms with van der Waals surface area (Å²) in [4.78, 5) is 3.59. The van der Waals surface area contributed by atoms with Crippen molar-refractivity contribution in [3.63, 3.8) is 0 Å². The zero-order valence-electron chi connectivity index (χ0n) is 9.14. The molecular weight excluding hydrogens is 160 g/mol. The molecule has 0 aromatic rings. The van der Waals surface area contributed by atoms with Crippen molar-refractivity contribution in [2.24, 2.45) is 11.7 Å². The summed E-state index contributed by atoms with van der Waals surface area (Å²) < 4.78 is 0. The van der Waals surface area contributed by atoms with Gasteiger partial charge in [-0.2, -0.15) is 0 Å². The van der Waals surface area contributed by atoms with Crippen LogP contribution in [-0.4, -0.2) is 12.1 Å². The third-order valence-electron chi connectivity index (χ3n) is 2.45. The molecule has 1 atom stereocenters. The van der Waals surface area contributed by atoms with E-state index in [1.165, 1.54) is 6.42 Å². The normalized spacial score (nSPS) is 13.8. The molecule has 0 amide bonds. The highest BCUT2D eigenvalue weighted by atomic mass is 14.8. The van der Waals surface area contributed by atoms with Crippen molar-refractivity contribution >= 4 is 0 Å². The van der Waals surface area contributed by atoms with Crippen LogP contribution < -0.4 is 5.73 Å². The smallest absolute Gasteiger partial charge is 0.227 e. The molecule has 0 aliphatic carbocycles. The summed E-state index contributed by atoms with van der Waals surface area (Å²) in [5, 5.41) is 0. The standard InChI is InChI=1S/C11H22N2/c1-10(7-9-12)6-5-8-11(2,3)13-4/h10H,5-9,12H2,1-3H3. The molecule has 0 aliphatic heterocycles. The Kier molecular flexibility index (Phi) is 5.73. The van der Waals surface area contributed by atoms with E-state index in [1.807, 2.05) is 13.8 Å². The van der Waals surface area contributed by atoms with E-state index in [2.05, 4.69) is 11.8 Å². The highest BCUT2D eigenvalue weighted by Crippen LogP contribution is 2.20. The SMILES string of the molecule is [C-]#[N+]C(C)(C)CCCC(C)CCN. The van der Waals surface area contributed by atoms with Crippen LogP contribution in [0.3, 0.4) is 0 Å². The van der Waals surface area contributed by atoms with Crippen LogP contribution in [0.15, 0.2) is 0 Å². The third kappa shape index (κ3) is 6.60. The Labute approximate surface area is 82.3 Å². The molecule has 2 nitrogen and oxygen atoms in total. The molecule has 13 heavy (non-hydrogen) atoms. The summed E-state index contributed by atoms with van der Waals surface area (Å²) in [7, 11) is 0. The van der Waals surface area contributed by atoms with Gasteiger partial charge in [0.1, 0.15) is 0 Å². The Morgan fingerprint density at radius 2 is 2.00 bits per heavy atom. The second-order valence-electron chi connectivity index (χ2n) is 4.50. The third-order valence-corrected chi connectivity index (χ3v) is 2.45. The molecule has 0 bridgehead atoms. The summed E-state index contributed by atoms with van der Waals surface area (Å²) in [6, 6.07) is 0. The Balaban J connectivity index is 3.51. The van der Waals surface area contributed by atoms with Crippen LogP contribution in [0.25, 0.3) is 4.85 Å². The maximum absolute atomic E-state index is 6.98. The fraction of sp³-hybridized carbons (Fsp3) is 0.909. The van der Waals surface area contributed by atoms with E-state index in [0.717, 1.165) is 25.8 Å². The summed E-state index contributed by atoms with van der Waals surface area (Å²) in [6.45, 7) is 14.0. The van der Waals surface area contributed by atoms with Crippen LogP contribution in [0.5, 0.6) is 0 Å². The second kappa shape index (κ2) is 5.99. The zero-order chi connectivity index (χ0) is 10.3. The molecule has 0 aromatic carbocycles. The van der Waals surface area contributed by atoms with Crippen molar-refractivity contribution in [1.82, 2.24) is 0 Å². The number of nitrogens with zero attached hydrogens (tertiary/aromatic N) is 1. The molecular formula is C11H22N2. The monoisotopic (exact) mass is 182 g/mol. The van der Waals surface area contributed by atoms with E-state index in [1.54, 1.807) is 0 Å². The highest BCUT2D eigenvalue weighted by Gasteiger charge is 2.21. The summed E-state index contributed by atoms with van der Waals surface area (Å²) in [5.74, 6) is 0.714. The molecule has 1 unspecified atom stereocenters. The maximum atomic E-state index is 6.98. The van der Waals surface area contributed by atoms with Gasteiger partial charge in [-0.1, -0.05) is 13.3 Å². The lowest BCUT2D eigenvalue weighted by Crippen LogP contribution is -2.14. The fourth-order valence-electron chi connectivity index (χ4n) is 1.37. The minimum Gasteiger partial charge on any atom is -0.330 e. The van der Waals surface area contributed by atoms with Gasteiger partial charge in [-0.3, -0.25) is 0 Å². The predicted octanol–water partition coefficient (Wildman–Crippen LogP) is 2.84. The molecule has 0 rings (SSSR count). The number of hydrogen-bond acceptors (Lipinski definition) is 1. The molecule has 0 spiro atoms. The van der Waals surface area contributed by atoms with E-state index in [9.17, 15) is 0 Å². The van der Waals surface area contributed by atoms with Crippen molar-refractivity contribution in [3.8, 4) is 0 Å². The number of hydrogen-bond donors (Lipinski definition) is 1. The van der Waals surface area contributed by atoms with Gasteiger partial charge < -0.3 is 10.6 Å². The predicted molar refractivity (Wildman–Crippen MR) is 57.4 cm³/mol. The van der Waals surface area contributed by atoms with Crippen molar-refractivity contribution in [2.75, 3.05) is 6.54 Å². The van der Waals surface area contributed by atoms with Gasteiger partial charge in [0.25, 0.3) is 0 Å². The lowest BCUT2D eigenvalue weighted by atomic mass is 9.93. The lowest BCUT2D eigenvalue weighted by Gasteiger charge is -2.13. The van der Waals surface area contributed by atoms with E-state index in [0.29, 0.717) is 5.92 Å². The molecule has 2 N–H and O–H groups in total. The first-order valence-corrected chi connectivity index (χ1v) is 5.10. The molecule has 0 saturated carbocycles. The van der Waals surface area contributed by atoms with E-state index in [-0.39, 0.29) is 5.54 Å². The van der Waals surface area contributed by atoms with E-state index in [4.69, 9.17) is 12.3 Å². The van der Waals surface area contributed by atoms with Gasteiger partial charge in [0.05, 0.1) is 0 Å². The molecule has 2 heteroatoms. The quantitative estimate of drug-likeness (QED) is 0.629. The maximum Gasteiger partial charge on any atom is 0.227 e. The molecule has 0 fully saturated rings. The summed E-state index contributed by atoms with van der Waals surface area (Å²) in [5.41, 5.74) is 5.30. The Morgan fingerprint density at radius 1 is 1.38 bits per heavy atom. The first-order valence-electron chi connectivity index (χ1n) is 5.10. The zero-order valence-corrected chi connectivity index (χ0v) is 9.14. The molecule has 76 valence electrons.